The number of aliphatic hydroxyl groups excluding tert-OH is 6. The summed E-state index contributed by atoms with van der Waals surface area (Å²) >= 11 is 0. The molecule has 0 spiro atoms. The Labute approximate surface area is 235 Å². The van der Waals surface area contributed by atoms with Crippen molar-refractivity contribution in [3.05, 3.63) is 30.3 Å². The molecule has 5 rings (SSSR count). The van der Waals surface area contributed by atoms with Gasteiger partial charge >= 0.3 is 11.3 Å². The topological polar surface area (TPSA) is 271 Å². The lowest BCUT2D eigenvalue weighted by Gasteiger charge is -2.44. The largest absolute Gasteiger partial charge is 0.507 e. The molecule has 2 saturated heterocycles. The number of phenolic OH excluding ortho intramolecular Hbond substituents is 5. The third-order valence-electron chi connectivity index (χ3n) is 6.96. The van der Waals surface area contributed by atoms with E-state index in [-0.39, 0.29) is 33.8 Å². The van der Waals surface area contributed by atoms with Crippen LogP contribution in [0, 0.1) is 0 Å². The maximum Gasteiger partial charge on any atom is 0.402 e. The first-order chi connectivity index (χ1) is 19.9. The van der Waals surface area contributed by atoms with Gasteiger partial charge in [0.05, 0.1) is 24.8 Å². The molecule has 11 N–H and O–H groups in total. The van der Waals surface area contributed by atoms with E-state index in [1.54, 1.807) is 0 Å². The second kappa shape index (κ2) is 11.5. The highest BCUT2D eigenvalue weighted by Gasteiger charge is 2.50. The average Bonchev–Trinajstić information content (AvgIpc) is 2.95. The van der Waals surface area contributed by atoms with Gasteiger partial charge in [0, 0.05) is 24.3 Å². The Bertz CT molecular complexity index is 1420. The highest BCUT2D eigenvalue weighted by Crippen LogP contribution is 2.45. The zero-order valence-electron chi connectivity index (χ0n) is 21.5. The standard InChI is InChI=1S/C26H28O16/c27-6-17-20(35)21(36)24(42-25-22(37)19(34)14(32)7-38-25)26(41-17)40-16-5-10-11(29)3-9(28)4-15(10)39-23(16)8-1-12(30)18(33)13(31)2-8/h1-5,14,17,19-22,24-27,32,34-37H,6-7H2,(H4-,28,29,30,31,33)/p+1/t14-,17-,19+,20+,21+,22-,24-,25+,26-/m1/s1. The van der Waals surface area contributed by atoms with Gasteiger partial charge < -0.3 is 75.1 Å². The van der Waals surface area contributed by atoms with Gasteiger partial charge in [-0.05, 0) is 0 Å². The lowest BCUT2D eigenvalue weighted by atomic mass is 9.98. The predicted octanol–water partition coefficient (Wildman–Crippen LogP) is -1.45. The number of rotatable bonds is 6. The Kier molecular flexibility index (Phi) is 8.17. The lowest BCUT2D eigenvalue weighted by molar-refractivity contribution is -0.344. The van der Waals surface area contributed by atoms with E-state index < -0.39 is 91.5 Å². The van der Waals surface area contributed by atoms with Crippen molar-refractivity contribution in [1.82, 2.24) is 0 Å². The van der Waals surface area contributed by atoms with E-state index in [0.29, 0.717) is 0 Å². The van der Waals surface area contributed by atoms with Crippen LogP contribution in [0.5, 0.6) is 34.5 Å². The molecule has 3 aromatic rings. The van der Waals surface area contributed by atoms with Crippen LogP contribution < -0.4 is 4.74 Å². The molecule has 2 fully saturated rings. The van der Waals surface area contributed by atoms with Crippen molar-refractivity contribution in [2.24, 2.45) is 0 Å². The fraction of sp³-hybridized carbons (Fsp3) is 0.423. The van der Waals surface area contributed by atoms with Crippen molar-refractivity contribution in [1.29, 1.82) is 0 Å². The molecular formula is C26H29O16+. The average molecular weight is 598 g/mol. The van der Waals surface area contributed by atoms with Gasteiger partial charge in [0.1, 0.15) is 53.5 Å². The van der Waals surface area contributed by atoms with Crippen LogP contribution in [0.1, 0.15) is 0 Å². The highest BCUT2D eigenvalue weighted by atomic mass is 16.8. The van der Waals surface area contributed by atoms with Crippen LogP contribution in [0.3, 0.4) is 0 Å². The molecule has 0 radical (unpaired) electrons. The molecule has 228 valence electrons. The summed E-state index contributed by atoms with van der Waals surface area (Å²) < 4.78 is 28.3. The number of hydrogen-bond acceptors (Lipinski definition) is 15. The van der Waals surface area contributed by atoms with E-state index in [1.807, 2.05) is 0 Å². The van der Waals surface area contributed by atoms with Gasteiger partial charge in [-0.15, -0.1) is 0 Å². The number of hydrogen-bond donors (Lipinski definition) is 11. The summed E-state index contributed by atoms with van der Waals surface area (Å²) in [5, 5.41) is 112. The fourth-order valence-electron chi connectivity index (χ4n) is 4.68. The molecule has 0 aliphatic carbocycles. The van der Waals surface area contributed by atoms with E-state index >= 15 is 0 Å². The molecule has 0 bridgehead atoms. The monoisotopic (exact) mass is 597 g/mol. The summed E-state index contributed by atoms with van der Waals surface area (Å²) in [7, 11) is 0. The SMILES string of the molecule is OC[C@H]1O[C@@H](Oc2cc3c(O)cc(O)cc3[o+]c2-c2cc(O)c(O)c(O)c2)[C@H](O[C@@H]2OC[C@@H](O)[C@H](O)[C@H]2O)[C@@H](O)[C@H]1O. The predicted molar refractivity (Wildman–Crippen MR) is 135 cm³/mol. The van der Waals surface area contributed by atoms with Gasteiger partial charge in [-0.2, -0.15) is 0 Å². The Hall–Kier alpha value is -3.71. The van der Waals surface area contributed by atoms with Crippen LogP contribution in [-0.4, -0.2) is 125 Å². The Morgan fingerprint density at radius 1 is 0.786 bits per heavy atom. The van der Waals surface area contributed by atoms with E-state index in [4.69, 9.17) is 23.4 Å². The van der Waals surface area contributed by atoms with Crippen LogP contribution in [0.15, 0.2) is 34.7 Å². The summed E-state index contributed by atoms with van der Waals surface area (Å²) in [6, 6.07) is 5.36. The first-order valence-electron chi connectivity index (χ1n) is 12.6. The van der Waals surface area contributed by atoms with Gasteiger partial charge in [0.2, 0.25) is 12.0 Å². The Morgan fingerprint density at radius 3 is 2.14 bits per heavy atom. The van der Waals surface area contributed by atoms with Crippen molar-refractivity contribution in [3.63, 3.8) is 0 Å². The lowest BCUT2D eigenvalue weighted by Crippen LogP contribution is -2.63. The minimum Gasteiger partial charge on any atom is -0.507 e. The molecule has 9 atom stereocenters. The minimum atomic E-state index is -1.84. The van der Waals surface area contributed by atoms with E-state index in [1.165, 1.54) is 6.07 Å². The first kappa shape index (κ1) is 29.8. The van der Waals surface area contributed by atoms with Gasteiger partial charge in [0.15, 0.2) is 29.6 Å². The van der Waals surface area contributed by atoms with Crippen LogP contribution in [0.25, 0.3) is 22.3 Å². The van der Waals surface area contributed by atoms with Crippen molar-refractivity contribution in [2.45, 2.75) is 55.3 Å². The smallest absolute Gasteiger partial charge is 0.402 e. The maximum absolute atomic E-state index is 10.9. The van der Waals surface area contributed by atoms with E-state index in [9.17, 15) is 56.2 Å². The quantitative estimate of drug-likeness (QED) is 0.115. The van der Waals surface area contributed by atoms with Crippen LogP contribution >= 0.6 is 0 Å². The molecule has 42 heavy (non-hydrogen) atoms. The van der Waals surface area contributed by atoms with Gasteiger partial charge in [0.25, 0.3) is 0 Å². The third-order valence-corrected chi connectivity index (χ3v) is 6.96. The number of aliphatic hydroxyl groups is 6. The number of aromatic hydroxyl groups is 5. The van der Waals surface area contributed by atoms with Crippen LogP contribution in [0.4, 0.5) is 0 Å². The normalized spacial score (nSPS) is 31.7. The molecule has 2 aliphatic heterocycles. The number of ether oxygens (including phenoxy) is 4. The van der Waals surface area contributed by atoms with Gasteiger partial charge in [-0.25, -0.2) is 4.42 Å². The Morgan fingerprint density at radius 2 is 1.48 bits per heavy atom. The second-order valence-corrected chi connectivity index (χ2v) is 9.86. The summed E-state index contributed by atoms with van der Waals surface area (Å²) in [6.07, 6.45) is -15.0. The van der Waals surface area contributed by atoms with E-state index in [0.717, 1.165) is 24.3 Å². The second-order valence-electron chi connectivity index (χ2n) is 9.86. The maximum atomic E-state index is 10.9. The summed E-state index contributed by atoms with van der Waals surface area (Å²) in [5.41, 5.74) is -0.174. The fourth-order valence-corrected chi connectivity index (χ4v) is 4.68. The van der Waals surface area contributed by atoms with Crippen molar-refractivity contribution in [2.75, 3.05) is 13.2 Å². The van der Waals surface area contributed by atoms with Gasteiger partial charge in [-0.1, -0.05) is 0 Å². The van der Waals surface area contributed by atoms with E-state index in [2.05, 4.69) is 0 Å². The number of phenols is 5. The van der Waals surface area contributed by atoms with Crippen molar-refractivity contribution < 1.29 is 79.5 Å². The zero-order valence-corrected chi connectivity index (χ0v) is 21.5. The van der Waals surface area contributed by atoms with Crippen LogP contribution in [-0.2, 0) is 14.2 Å². The zero-order chi connectivity index (χ0) is 30.5. The Balaban J connectivity index is 1.59. The molecule has 3 heterocycles. The third kappa shape index (κ3) is 5.42. The summed E-state index contributed by atoms with van der Waals surface area (Å²) in [4.78, 5) is 0. The first-order valence-corrected chi connectivity index (χ1v) is 12.6. The molecule has 2 aliphatic rings. The van der Waals surface area contributed by atoms with Crippen molar-refractivity contribution in [3.8, 4) is 45.8 Å². The summed E-state index contributed by atoms with van der Waals surface area (Å²) in [5.74, 6) is -3.71. The highest BCUT2D eigenvalue weighted by molar-refractivity contribution is 5.88. The molecular weight excluding hydrogens is 568 g/mol. The molecule has 16 heteroatoms. The molecule has 1 aromatic heterocycles. The number of fused-ring (bicyclic) bond motifs is 1. The minimum absolute atomic E-state index is 0.00510. The number of benzene rings is 2. The molecule has 0 amide bonds. The van der Waals surface area contributed by atoms with Gasteiger partial charge in [-0.3, -0.25) is 0 Å². The molecule has 2 aromatic carbocycles. The molecule has 0 saturated carbocycles. The van der Waals surface area contributed by atoms with Crippen LogP contribution in [0.2, 0.25) is 0 Å². The molecule has 0 unspecified atom stereocenters. The molecule has 16 nitrogen and oxygen atoms in total. The summed E-state index contributed by atoms with van der Waals surface area (Å²) in [6.45, 7) is -1.24. The van der Waals surface area contributed by atoms with Crippen molar-refractivity contribution >= 4 is 11.0 Å².